The molecule has 12 heteroatoms. The molecule has 8 nitrogen and oxygen atoms in total. The Labute approximate surface area is 216 Å². The van der Waals surface area contributed by atoms with Crippen LogP contribution in [0.5, 0.6) is 0 Å². The molecule has 0 saturated heterocycles. The Hall–Kier alpha value is -2.44. The van der Waals surface area contributed by atoms with Crippen molar-refractivity contribution in [3.8, 4) is 10.8 Å². The van der Waals surface area contributed by atoms with E-state index in [9.17, 15) is 13.2 Å². The Morgan fingerprint density at radius 1 is 1.17 bits per heavy atom. The first-order chi connectivity index (χ1) is 16.7. The number of benzene rings is 2. The monoisotopic (exact) mass is 550 g/mol. The van der Waals surface area contributed by atoms with Gasteiger partial charge in [-0.1, -0.05) is 61.5 Å². The van der Waals surface area contributed by atoms with Gasteiger partial charge in [0.05, 0.1) is 15.7 Å². The summed E-state index contributed by atoms with van der Waals surface area (Å²) in [4.78, 5) is 13.4. The van der Waals surface area contributed by atoms with Crippen LogP contribution in [0.4, 0.5) is 5.69 Å². The maximum absolute atomic E-state index is 12.9. The molecule has 4 aromatic rings. The van der Waals surface area contributed by atoms with Crippen LogP contribution < -0.4 is 5.32 Å². The number of hydrogen-bond acceptors (Lipinski definition) is 8. The van der Waals surface area contributed by atoms with Crippen LogP contribution in [-0.2, 0) is 14.8 Å². The zero-order valence-corrected chi connectivity index (χ0v) is 22.4. The highest BCUT2D eigenvalue weighted by atomic mass is 35.5. The zero-order valence-electron chi connectivity index (χ0n) is 19.2. The van der Waals surface area contributed by atoms with Crippen molar-refractivity contribution in [3.63, 3.8) is 0 Å². The number of rotatable bonds is 9. The number of sulfonamides is 1. The van der Waals surface area contributed by atoms with Gasteiger partial charge in [-0.05, 0) is 30.7 Å². The molecule has 35 heavy (non-hydrogen) atoms. The number of anilines is 1. The van der Waals surface area contributed by atoms with Gasteiger partial charge in [-0.2, -0.15) is 4.31 Å². The molecule has 0 unspecified atom stereocenters. The number of thioether (sulfide) groups is 1. The normalized spacial score (nSPS) is 11.9. The fraction of sp³-hybridized carbons (Fsp3) is 0.261. The summed E-state index contributed by atoms with van der Waals surface area (Å²) in [7, 11) is -3.65. The number of carbonyl (C=O) groups is 1. The van der Waals surface area contributed by atoms with Crippen molar-refractivity contribution in [2.75, 3.05) is 24.2 Å². The molecule has 0 aliphatic heterocycles. The molecule has 2 aromatic carbocycles. The van der Waals surface area contributed by atoms with Crippen molar-refractivity contribution in [1.29, 1.82) is 0 Å². The van der Waals surface area contributed by atoms with Crippen molar-refractivity contribution < 1.29 is 17.6 Å². The molecule has 0 aliphatic carbocycles. The lowest BCUT2D eigenvalue weighted by Gasteiger charge is -2.20. The van der Waals surface area contributed by atoms with Crippen LogP contribution in [0.3, 0.4) is 0 Å². The van der Waals surface area contributed by atoms with Crippen molar-refractivity contribution in [1.82, 2.24) is 14.5 Å². The van der Waals surface area contributed by atoms with E-state index in [0.29, 0.717) is 40.1 Å². The molecule has 0 atom stereocenters. The first-order valence-corrected chi connectivity index (χ1v) is 14.4. The summed E-state index contributed by atoms with van der Waals surface area (Å²) >= 11 is 9.02. The van der Waals surface area contributed by atoms with Gasteiger partial charge < -0.3 is 9.73 Å². The third-order valence-electron chi connectivity index (χ3n) is 5.26. The first kappa shape index (κ1) is 25.6. The van der Waals surface area contributed by atoms with Gasteiger partial charge in [-0.25, -0.2) is 8.42 Å². The topological polar surface area (TPSA) is 105 Å². The van der Waals surface area contributed by atoms with Crippen LogP contribution in [0, 0.1) is 6.92 Å². The minimum absolute atomic E-state index is 0.00772. The molecule has 0 bridgehead atoms. The SMILES string of the molecule is CCN(CC)S(=O)(=O)c1cc(NC(=O)CSc2nnc(-c3sc4ccccc4c3Cl)o2)ccc1C. The molecule has 0 fully saturated rings. The van der Waals surface area contributed by atoms with Gasteiger partial charge in [-0.3, -0.25) is 4.79 Å². The lowest BCUT2D eigenvalue weighted by molar-refractivity contribution is -0.113. The molecule has 1 N–H and O–H groups in total. The summed E-state index contributed by atoms with van der Waals surface area (Å²) in [5, 5.41) is 12.5. The van der Waals surface area contributed by atoms with E-state index < -0.39 is 10.0 Å². The highest BCUT2D eigenvalue weighted by molar-refractivity contribution is 7.99. The van der Waals surface area contributed by atoms with Crippen LogP contribution in [-0.4, -0.2) is 47.7 Å². The predicted octanol–water partition coefficient (Wildman–Crippen LogP) is 5.67. The van der Waals surface area contributed by atoms with Crippen LogP contribution in [0.15, 0.2) is 57.0 Å². The van der Waals surface area contributed by atoms with Crippen LogP contribution in [0.25, 0.3) is 20.9 Å². The van der Waals surface area contributed by atoms with E-state index in [1.807, 2.05) is 24.3 Å². The molecular weight excluding hydrogens is 528 g/mol. The number of aromatic nitrogens is 2. The fourth-order valence-corrected chi connectivity index (χ4v) is 7.20. The first-order valence-electron chi connectivity index (χ1n) is 10.8. The third-order valence-corrected chi connectivity index (χ3v) is 9.93. The number of aryl methyl sites for hydroxylation is 1. The Balaban J connectivity index is 1.43. The molecule has 0 radical (unpaired) electrons. The number of fused-ring (bicyclic) bond motifs is 1. The second kappa shape index (κ2) is 10.7. The van der Waals surface area contributed by atoms with Gasteiger partial charge in [0.25, 0.3) is 11.1 Å². The number of halogens is 1. The van der Waals surface area contributed by atoms with Crippen LogP contribution in [0.2, 0.25) is 5.02 Å². The Morgan fingerprint density at radius 2 is 1.91 bits per heavy atom. The van der Waals surface area contributed by atoms with Gasteiger partial charge in [0.15, 0.2) is 0 Å². The van der Waals surface area contributed by atoms with Crippen molar-refractivity contribution in [3.05, 3.63) is 53.1 Å². The van der Waals surface area contributed by atoms with E-state index in [1.165, 1.54) is 21.7 Å². The highest BCUT2D eigenvalue weighted by Gasteiger charge is 2.24. The minimum Gasteiger partial charge on any atom is -0.410 e. The van der Waals surface area contributed by atoms with E-state index in [1.54, 1.807) is 32.9 Å². The van der Waals surface area contributed by atoms with Crippen molar-refractivity contribution >= 4 is 66.4 Å². The highest BCUT2D eigenvalue weighted by Crippen LogP contribution is 2.41. The average molecular weight is 551 g/mol. The molecule has 1 amide bonds. The van der Waals surface area contributed by atoms with E-state index in [0.717, 1.165) is 21.8 Å². The average Bonchev–Trinajstić information content (AvgIpc) is 3.44. The molecule has 184 valence electrons. The molecule has 4 rings (SSSR count). The maximum Gasteiger partial charge on any atom is 0.277 e. The fourth-order valence-electron chi connectivity index (χ4n) is 3.49. The predicted molar refractivity (Wildman–Crippen MR) is 141 cm³/mol. The van der Waals surface area contributed by atoms with Crippen LogP contribution >= 0.6 is 34.7 Å². The minimum atomic E-state index is -3.65. The van der Waals surface area contributed by atoms with E-state index in [2.05, 4.69) is 15.5 Å². The molecule has 2 aromatic heterocycles. The maximum atomic E-state index is 12.9. The summed E-state index contributed by atoms with van der Waals surface area (Å²) in [6.07, 6.45) is 0. The summed E-state index contributed by atoms with van der Waals surface area (Å²) in [5.74, 6) is -0.0260. The molecule has 0 aliphatic rings. The molecular formula is C23H23ClN4O4S3. The summed E-state index contributed by atoms with van der Waals surface area (Å²) in [6.45, 7) is 6.04. The number of amides is 1. The number of carbonyl (C=O) groups excluding carboxylic acids is 1. The largest absolute Gasteiger partial charge is 0.410 e. The summed E-state index contributed by atoms with van der Waals surface area (Å²) in [6, 6.07) is 12.6. The molecule has 0 saturated carbocycles. The van der Waals surface area contributed by atoms with Crippen LogP contribution in [0.1, 0.15) is 19.4 Å². The van der Waals surface area contributed by atoms with Gasteiger partial charge in [0, 0.05) is 28.9 Å². The number of nitrogens with one attached hydrogen (secondary N) is 1. The Kier molecular flexibility index (Phi) is 7.82. The van der Waals surface area contributed by atoms with Gasteiger partial charge in [0.1, 0.15) is 4.88 Å². The van der Waals surface area contributed by atoms with Gasteiger partial charge in [0.2, 0.25) is 15.9 Å². The standard InChI is InChI=1S/C23H23ClN4O4S3/c1-4-28(5-2)35(30,31)18-12-15(11-10-14(18)3)25-19(29)13-33-23-27-26-22(32-23)21-20(24)16-8-6-7-9-17(16)34-21/h6-12H,4-5,13H2,1-3H3,(H,25,29). The molecule has 0 spiro atoms. The lowest BCUT2D eigenvalue weighted by atomic mass is 10.2. The quantitative estimate of drug-likeness (QED) is 0.267. The lowest BCUT2D eigenvalue weighted by Crippen LogP contribution is -2.31. The van der Waals surface area contributed by atoms with Gasteiger partial charge in [-0.15, -0.1) is 21.5 Å². The molecule has 2 heterocycles. The second-order valence-electron chi connectivity index (χ2n) is 7.52. The summed E-state index contributed by atoms with van der Waals surface area (Å²) in [5.41, 5.74) is 1.01. The smallest absolute Gasteiger partial charge is 0.277 e. The zero-order chi connectivity index (χ0) is 25.2. The van der Waals surface area contributed by atoms with Crippen molar-refractivity contribution in [2.45, 2.75) is 30.9 Å². The van der Waals surface area contributed by atoms with Gasteiger partial charge >= 0.3 is 0 Å². The van der Waals surface area contributed by atoms with E-state index in [-0.39, 0.29) is 21.8 Å². The second-order valence-corrected chi connectivity index (χ2v) is 11.8. The number of thiophene rings is 1. The van der Waals surface area contributed by atoms with E-state index >= 15 is 0 Å². The summed E-state index contributed by atoms with van der Waals surface area (Å²) < 4.78 is 34.0. The Morgan fingerprint density at radius 3 is 2.63 bits per heavy atom. The Bertz CT molecular complexity index is 1480. The number of hydrogen-bond donors (Lipinski definition) is 1. The van der Waals surface area contributed by atoms with Crippen molar-refractivity contribution in [2.24, 2.45) is 0 Å². The van der Waals surface area contributed by atoms with E-state index in [4.69, 9.17) is 16.0 Å². The number of nitrogens with zero attached hydrogens (tertiary/aromatic N) is 3. The third kappa shape index (κ3) is 5.39.